The second-order valence-corrected chi connectivity index (χ2v) is 7.99. The topological polar surface area (TPSA) is 66.0 Å². The second-order valence-electron chi connectivity index (χ2n) is 7.04. The van der Waals surface area contributed by atoms with Crippen molar-refractivity contribution in [1.82, 2.24) is 15.5 Å². The van der Waals surface area contributed by atoms with Gasteiger partial charge >= 0.3 is 0 Å². The molecule has 2 N–H and O–H groups in total. The van der Waals surface area contributed by atoms with Gasteiger partial charge in [-0.2, -0.15) is 0 Å². The molecule has 154 valence electrons. The number of hydrogen-bond acceptors (Lipinski definition) is 4. The molecule has 0 radical (unpaired) electrons. The maximum absolute atomic E-state index is 11.9. The summed E-state index contributed by atoms with van der Waals surface area (Å²) in [5.74, 6) is 0.669. The predicted molar refractivity (Wildman–Crippen MR) is 123 cm³/mol. The molecule has 0 bridgehead atoms. The van der Waals surface area contributed by atoms with E-state index in [2.05, 4.69) is 33.1 Å². The van der Waals surface area contributed by atoms with Crippen molar-refractivity contribution >= 4 is 47.2 Å². The minimum Gasteiger partial charge on any atom is -0.383 e. The molecule has 0 saturated heterocycles. The van der Waals surface area contributed by atoms with Crippen LogP contribution in [0, 0.1) is 0 Å². The van der Waals surface area contributed by atoms with Crippen LogP contribution in [0.25, 0.3) is 0 Å². The number of thiophene rings is 1. The van der Waals surface area contributed by atoms with Crippen LogP contribution in [-0.4, -0.2) is 64.2 Å². The van der Waals surface area contributed by atoms with Crippen LogP contribution in [0.4, 0.5) is 0 Å². The largest absolute Gasteiger partial charge is 0.383 e. The van der Waals surface area contributed by atoms with Crippen LogP contribution in [0.1, 0.15) is 37.0 Å². The molecule has 27 heavy (non-hydrogen) atoms. The number of ether oxygens (including phenoxy) is 1. The average Bonchev–Trinajstić information content (AvgIpc) is 3.19. The van der Waals surface area contributed by atoms with E-state index in [1.807, 2.05) is 11.3 Å². The van der Waals surface area contributed by atoms with E-state index in [1.165, 1.54) is 37.0 Å². The van der Waals surface area contributed by atoms with E-state index in [-0.39, 0.29) is 41.8 Å². The molecule has 0 spiro atoms. The third-order valence-corrected chi connectivity index (χ3v) is 6.03. The monoisotopic (exact) mass is 508 g/mol. The van der Waals surface area contributed by atoms with E-state index in [0.717, 1.165) is 6.54 Å². The Hall–Kier alpha value is -0.870. The highest BCUT2D eigenvalue weighted by Gasteiger charge is 2.34. The quantitative estimate of drug-likeness (QED) is 0.245. The SMILES string of the molecule is COCCNC(=NCC(=O)N(C)C)NCC1(c2cccs2)CCCCC1.I. The number of carbonyl (C=O) groups is 1. The molecule has 1 heterocycles. The predicted octanol–water partition coefficient (Wildman–Crippen LogP) is 2.84. The van der Waals surface area contributed by atoms with Crippen LogP contribution in [0.15, 0.2) is 22.5 Å². The summed E-state index contributed by atoms with van der Waals surface area (Å²) in [6, 6.07) is 4.39. The number of rotatable bonds is 8. The lowest BCUT2D eigenvalue weighted by atomic mass is 9.73. The van der Waals surface area contributed by atoms with Gasteiger partial charge in [0.05, 0.1) is 6.61 Å². The van der Waals surface area contributed by atoms with Crippen molar-refractivity contribution in [3.63, 3.8) is 0 Å². The summed E-state index contributed by atoms with van der Waals surface area (Å²) in [4.78, 5) is 19.3. The van der Waals surface area contributed by atoms with E-state index in [9.17, 15) is 4.79 Å². The van der Waals surface area contributed by atoms with E-state index in [4.69, 9.17) is 4.74 Å². The zero-order chi connectivity index (χ0) is 18.8. The fourth-order valence-electron chi connectivity index (χ4n) is 3.31. The van der Waals surface area contributed by atoms with Gasteiger partial charge in [0.25, 0.3) is 0 Å². The van der Waals surface area contributed by atoms with Crippen molar-refractivity contribution in [1.29, 1.82) is 0 Å². The number of halogens is 1. The van der Waals surface area contributed by atoms with Gasteiger partial charge < -0.3 is 20.3 Å². The summed E-state index contributed by atoms with van der Waals surface area (Å²) in [6.45, 7) is 2.23. The number of nitrogens with zero attached hydrogens (tertiary/aromatic N) is 2. The van der Waals surface area contributed by atoms with Gasteiger partial charge in [0, 0.05) is 44.6 Å². The number of carbonyl (C=O) groups excluding carboxylic acids is 1. The molecular weight excluding hydrogens is 475 g/mol. The number of methoxy groups -OCH3 is 1. The fourth-order valence-corrected chi connectivity index (χ4v) is 4.29. The first-order valence-corrected chi connectivity index (χ1v) is 10.2. The van der Waals surface area contributed by atoms with Gasteiger partial charge in [0.15, 0.2) is 5.96 Å². The summed E-state index contributed by atoms with van der Waals surface area (Å²) in [5.41, 5.74) is 0.168. The molecule has 1 amide bonds. The van der Waals surface area contributed by atoms with Gasteiger partial charge in [-0.25, -0.2) is 4.99 Å². The molecular formula is C19H33IN4O2S. The number of likely N-dealkylation sites (N-methyl/N-ethyl adjacent to an activating group) is 1. The third-order valence-electron chi connectivity index (χ3n) is 4.92. The van der Waals surface area contributed by atoms with E-state index >= 15 is 0 Å². The van der Waals surface area contributed by atoms with Crippen molar-refractivity contribution in [3.05, 3.63) is 22.4 Å². The number of hydrogen-bond donors (Lipinski definition) is 2. The van der Waals surface area contributed by atoms with Crippen LogP contribution in [-0.2, 0) is 14.9 Å². The Kier molecular flexibility index (Phi) is 11.2. The maximum Gasteiger partial charge on any atom is 0.243 e. The molecule has 0 aromatic carbocycles. The molecule has 0 unspecified atom stereocenters. The van der Waals surface area contributed by atoms with Gasteiger partial charge in [0.1, 0.15) is 6.54 Å². The van der Waals surface area contributed by atoms with E-state index in [1.54, 1.807) is 26.1 Å². The van der Waals surface area contributed by atoms with Gasteiger partial charge in [-0.15, -0.1) is 35.3 Å². The highest BCUT2D eigenvalue weighted by molar-refractivity contribution is 14.0. The fraction of sp³-hybridized carbons (Fsp3) is 0.684. The maximum atomic E-state index is 11.9. The molecule has 2 rings (SSSR count). The molecule has 1 fully saturated rings. The summed E-state index contributed by atoms with van der Waals surface area (Å²) < 4.78 is 5.11. The molecule has 1 aliphatic carbocycles. The standard InChI is InChI=1S/C19H32N4O2S.HI/c1-23(2)17(24)14-21-18(20-11-12-25-3)22-15-19(9-5-4-6-10-19)16-8-7-13-26-16;/h7-8,13H,4-6,9-12,14-15H2,1-3H3,(H2,20,21,22);1H. The van der Waals surface area contributed by atoms with Crippen molar-refractivity contribution in [2.45, 2.75) is 37.5 Å². The van der Waals surface area contributed by atoms with Crippen molar-refractivity contribution in [2.24, 2.45) is 4.99 Å². The van der Waals surface area contributed by atoms with E-state index < -0.39 is 0 Å². The molecule has 8 heteroatoms. The first-order valence-electron chi connectivity index (χ1n) is 9.33. The molecule has 0 atom stereocenters. The summed E-state index contributed by atoms with van der Waals surface area (Å²) >= 11 is 1.84. The second kappa shape index (κ2) is 12.6. The van der Waals surface area contributed by atoms with E-state index in [0.29, 0.717) is 19.1 Å². The highest BCUT2D eigenvalue weighted by Crippen LogP contribution is 2.41. The first-order chi connectivity index (χ1) is 12.6. The van der Waals surface area contributed by atoms with Crippen molar-refractivity contribution in [3.8, 4) is 0 Å². The lowest BCUT2D eigenvalue weighted by Gasteiger charge is -2.37. The summed E-state index contributed by atoms with van der Waals surface area (Å²) in [5, 5.41) is 8.91. The third kappa shape index (κ3) is 7.57. The van der Waals surface area contributed by atoms with Crippen LogP contribution in [0.5, 0.6) is 0 Å². The molecule has 0 aliphatic heterocycles. The van der Waals surface area contributed by atoms with Crippen LogP contribution in [0.2, 0.25) is 0 Å². The molecule has 1 aromatic heterocycles. The summed E-state index contributed by atoms with van der Waals surface area (Å²) in [6.07, 6.45) is 6.24. The number of guanidine groups is 1. The first kappa shape index (κ1) is 24.2. The van der Waals surface area contributed by atoms with Gasteiger partial charge in [-0.3, -0.25) is 4.79 Å². The zero-order valence-corrected chi connectivity index (χ0v) is 19.8. The minimum atomic E-state index is -0.0107. The van der Waals surface area contributed by atoms with Crippen LogP contribution < -0.4 is 10.6 Å². The van der Waals surface area contributed by atoms with Crippen molar-refractivity contribution < 1.29 is 9.53 Å². The number of amides is 1. The lowest BCUT2D eigenvalue weighted by Crippen LogP contribution is -2.47. The highest BCUT2D eigenvalue weighted by atomic mass is 127. The summed E-state index contributed by atoms with van der Waals surface area (Å²) in [7, 11) is 5.17. The Labute approximate surface area is 184 Å². The Morgan fingerprint density at radius 1 is 1.30 bits per heavy atom. The Bertz CT molecular complexity index is 572. The number of nitrogens with one attached hydrogen (secondary N) is 2. The molecule has 1 saturated carbocycles. The average molecular weight is 508 g/mol. The smallest absolute Gasteiger partial charge is 0.243 e. The zero-order valence-electron chi connectivity index (χ0n) is 16.6. The minimum absolute atomic E-state index is 0. The Balaban J connectivity index is 0.00000364. The Morgan fingerprint density at radius 2 is 2.04 bits per heavy atom. The molecule has 6 nitrogen and oxygen atoms in total. The molecule has 1 aliphatic rings. The Morgan fingerprint density at radius 3 is 2.63 bits per heavy atom. The van der Waals surface area contributed by atoms with Crippen LogP contribution >= 0.6 is 35.3 Å². The van der Waals surface area contributed by atoms with Gasteiger partial charge in [-0.05, 0) is 24.3 Å². The lowest BCUT2D eigenvalue weighted by molar-refractivity contribution is -0.127. The van der Waals surface area contributed by atoms with Crippen LogP contribution in [0.3, 0.4) is 0 Å². The van der Waals surface area contributed by atoms with Crippen molar-refractivity contribution in [2.75, 3.05) is 47.4 Å². The van der Waals surface area contributed by atoms with Gasteiger partial charge in [0.2, 0.25) is 5.91 Å². The van der Waals surface area contributed by atoms with Gasteiger partial charge in [-0.1, -0.05) is 25.3 Å². The number of aliphatic imine (C=N–C) groups is 1. The normalized spacial score (nSPS) is 16.3. The molecule has 1 aromatic rings.